The zero-order valence-corrected chi connectivity index (χ0v) is 19.8. The molecule has 2 N–H and O–H groups in total. The quantitative estimate of drug-likeness (QED) is 0.312. The minimum absolute atomic E-state index is 0.265. The zero-order valence-electron chi connectivity index (χ0n) is 16.7. The SMILES string of the molecule is CCOC(=O)c1c(NC(NC(=O)c2ccccc2C)C(Cl)(Cl)Cl)sc2c1CCCC2. The lowest BCUT2D eigenvalue weighted by Gasteiger charge is -2.27. The Kier molecular flexibility index (Phi) is 7.56. The molecule has 1 amide bonds. The number of aryl methyl sites for hydroxylation is 2. The van der Waals surface area contributed by atoms with E-state index in [0.717, 1.165) is 41.7 Å². The number of amides is 1. The first-order valence-corrected chi connectivity index (χ1v) is 11.7. The fraction of sp³-hybridized carbons (Fsp3) is 0.429. The second kappa shape index (κ2) is 9.77. The Morgan fingerprint density at radius 1 is 1.20 bits per heavy atom. The van der Waals surface area contributed by atoms with E-state index in [1.165, 1.54) is 11.3 Å². The summed E-state index contributed by atoms with van der Waals surface area (Å²) in [5, 5.41) is 6.39. The van der Waals surface area contributed by atoms with Crippen LogP contribution in [0, 0.1) is 6.92 Å². The number of benzene rings is 1. The van der Waals surface area contributed by atoms with Crippen molar-refractivity contribution in [1.29, 1.82) is 0 Å². The zero-order chi connectivity index (χ0) is 21.9. The monoisotopic (exact) mass is 488 g/mol. The number of halogens is 3. The lowest BCUT2D eigenvalue weighted by Crippen LogP contribution is -2.49. The van der Waals surface area contributed by atoms with Crippen LogP contribution in [-0.2, 0) is 17.6 Å². The van der Waals surface area contributed by atoms with Crippen LogP contribution in [0.25, 0.3) is 0 Å². The normalized spacial score (nSPS) is 14.6. The minimum atomic E-state index is -1.85. The Morgan fingerprint density at radius 2 is 1.90 bits per heavy atom. The van der Waals surface area contributed by atoms with Gasteiger partial charge in [0, 0.05) is 10.4 Å². The van der Waals surface area contributed by atoms with Crippen molar-refractivity contribution in [2.45, 2.75) is 49.5 Å². The third kappa shape index (κ3) is 5.22. The van der Waals surface area contributed by atoms with Gasteiger partial charge in [0.2, 0.25) is 3.79 Å². The highest BCUT2D eigenvalue weighted by atomic mass is 35.6. The number of carbonyl (C=O) groups excluding carboxylic acids is 2. The fourth-order valence-corrected chi connectivity index (χ4v) is 5.09. The highest BCUT2D eigenvalue weighted by molar-refractivity contribution is 7.16. The predicted molar refractivity (Wildman–Crippen MR) is 123 cm³/mol. The Hall–Kier alpha value is -1.47. The number of ether oxygens (including phenoxy) is 1. The van der Waals surface area contributed by atoms with Crippen LogP contribution in [0.4, 0.5) is 5.00 Å². The average molecular weight is 490 g/mol. The van der Waals surface area contributed by atoms with E-state index in [-0.39, 0.29) is 12.5 Å². The van der Waals surface area contributed by atoms with E-state index in [4.69, 9.17) is 39.5 Å². The van der Waals surface area contributed by atoms with Gasteiger partial charge in [-0.2, -0.15) is 0 Å². The highest BCUT2D eigenvalue weighted by Crippen LogP contribution is 2.41. The molecule has 2 aromatic rings. The summed E-state index contributed by atoms with van der Waals surface area (Å²) in [6.07, 6.45) is 2.71. The first-order valence-electron chi connectivity index (χ1n) is 9.73. The number of hydrogen-bond acceptors (Lipinski definition) is 5. The van der Waals surface area contributed by atoms with Crippen molar-refractivity contribution in [2.75, 3.05) is 11.9 Å². The summed E-state index contributed by atoms with van der Waals surface area (Å²) < 4.78 is 3.42. The molecule has 0 spiro atoms. The van der Waals surface area contributed by atoms with E-state index < -0.39 is 15.9 Å². The molecule has 0 bridgehead atoms. The molecular weight excluding hydrogens is 467 g/mol. The van der Waals surface area contributed by atoms with Gasteiger partial charge in [-0.3, -0.25) is 4.79 Å². The molecule has 1 aromatic carbocycles. The molecule has 1 heterocycles. The van der Waals surface area contributed by atoms with Crippen LogP contribution in [0.5, 0.6) is 0 Å². The molecule has 0 saturated heterocycles. The Morgan fingerprint density at radius 3 is 2.57 bits per heavy atom. The third-order valence-electron chi connectivity index (χ3n) is 4.92. The van der Waals surface area contributed by atoms with E-state index in [2.05, 4.69) is 10.6 Å². The topological polar surface area (TPSA) is 67.4 Å². The van der Waals surface area contributed by atoms with Gasteiger partial charge in [-0.05, 0) is 56.7 Å². The molecule has 162 valence electrons. The lowest BCUT2D eigenvalue weighted by atomic mass is 9.95. The molecule has 0 radical (unpaired) electrons. The van der Waals surface area contributed by atoms with Crippen LogP contribution >= 0.6 is 46.1 Å². The molecule has 1 atom stereocenters. The van der Waals surface area contributed by atoms with Gasteiger partial charge in [-0.1, -0.05) is 53.0 Å². The van der Waals surface area contributed by atoms with Crippen LogP contribution in [0.2, 0.25) is 0 Å². The summed E-state index contributed by atoms with van der Waals surface area (Å²) in [6.45, 7) is 3.86. The molecule has 1 unspecified atom stereocenters. The standard InChI is InChI=1S/C21H23Cl3N2O3S/c1-3-29-19(28)16-14-10-6-7-11-15(14)30-18(16)26-20(21(22,23)24)25-17(27)13-9-5-4-8-12(13)2/h4-5,8-9,20,26H,3,6-7,10-11H2,1-2H3,(H,25,27). The molecule has 30 heavy (non-hydrogen) atoms. The van der Waals surface area contributed by atoms with Crippen molar-refractivity contribution in [3.05, 3.63) is 51.4 Å². The first-order chi connectivity index (χ1) is 14.2. The maximum Gasteiger partial charge on any atom is 0.341 e. The van der Waals surface area contributed by atoms with Gasteiger partial charge in [0.25, 0.3) is 5.91 Å². The Labute approximate surface area is 195 Å². The number of nitrogens with one attached hydrogen (secondary N) is 2. The molecule has 0 saturated carbocycles. The third-order valence-corrected chi connectivity index (χ3v) is 6.80. The highest BCUT2D eigenvalue weighted by Gasteiger charge is 2.37. The molecule has 9 heteroatoms. The molecule has 1 aliphatic carbocycles. The van der Waals surface area contributed by atoms with E-state index in [9.17, 15) is 9.59 Å². The van der Waals surface area contributed by atoms with Crippen LogP contribution < -0.4 is 10.6 Å². The second-order valence-electron chi connectivity index (χ2n) is 7.04. The molecule has 0 fully saturated rings. The Bertz CT molecular complexity index is 940. The van der Waals surface area contributed by atoms with Gasteiger partial charge in [-0.15, -0.1) is 11.3 Å². The first kappa shape index (κ1) is 23.2. The minimum Gasteiger partial charge on any atom is -0.462 e. The van der Waals surface area contributed by atoms with E-state index in [0.29, 0.717) is 16.1 Å². The van der Waals surface area contributed by atoms with Gasteiger partial charge < -0.3 is 15.4 Å². The molecule has 1 aromatic heterocycles. The summed E-state index contributed by atoms with van der Waals surface area (Å²) in [6, 6.07) is 7.15. The van der Waals surface area contributed by atoms with Crippen molar-refractivity contribution >= 4 is 63.0 Å². The maximum absolute atomic E-state index is 12.8. The van der Waals surface area contributed by atoms with Crippen LogP contribution in [0.1, 0.15) is 56.5 Å². The molecular formula is C21H23Cl3N2O3S. The van der Waals surface area contributed by atoms with Gasteiger partial charge in [-0.25, -0.2) is 4.79 Å². The van der Waals surface area contributed by atoms with E-state index in [1.807, 2.05) is 19.1 Å². The van der Waals surface area contributed by atoms with E-state index in [1.54, 1.807) is 19.1 Å². The van der Waals surface area contributed by atoms with Crippen LogP contribution in [0.3, 0.4) is 0 Å². The van der Waals surface area contributed by atoms with Gasteiger partial charge in [0.15, 0.2) is 0 Å². The van der Waals surface area contributed by atoms with Crippen LogP contribution in [-0.4, -0.2) is 28.4 Å². The van der Waals surface area contributed by atoms with Gasteiger partial charge in [0.05, 0.1) is 12.2 Å². The van der Waals surface area contributed by atoms with Crippen molar-refractivity contribution in [3.63, 3.8) is 0 Å². The summed E-state index contributed by atoms with van der Waals surface area (Å²) in [7, 11) is 0. The van der Waals surface area contributed by atoms with Crippen LogP contribution in [0.15, 0.2) is 24.3 Å². The lowest BCUT2D eigenvalue weighted by molar-refractivity contribution is 0.0526. The summed E-state index contributed by atoms with van der Waals surface area (Å²) in [5.41, 5.74) is 2.74. The largest absolute Gasteiger partial charge is 0.462 e. The molecule has 5 nitrogen and oxygen atoms in total. The van der Waals surface area contributed by atoms with Crippen molar-refractivity contribution < 1.29 is 14.3 Å². The second-order valence-corrected chi connectivity index (χ2v) is 10.5. The van der Waals surface area contributed by atoms with Crippen molar-refractivity contribution in [2.24, 2.45) is 0 Å². The smallest absolute Gasteiger partial charge is 0.341 e. The number of rotatable bonds is 6. The predicted octanol–water partition coefficient (Wildman–Crippen LogP) is 5.65. The summed E-state index contributed by atoms with van der Waals surface area (Å²) in [5.74, 6) is -0.788. The molecule has 3 rings (SSSR count). The van der Waals surface area contributed by atoms with Crippen molar-refractivity contribution in [3.8, 4) is 0 Å². The molecule has 1 aliphatic rings. The number of esters is 1. The number of thiophene rings is 1. The number of alkyl halides is 3. The number of carbonyl (C=O) groups is 2. The van der Waals surface area contributed by atoms with Gasteiger partial charge in [0.1, 0.15) is 11.2 Å². The number of hydrogen-bond donors (Lipinski definition) is 2. The summed E-state index contributed by atoms with van der Waals surface area (Å²) >= 11 is 20.0. The van der Waals surface area contributed by atoms with Crippen molar-refractivity contribution in [1.82, 2.24) is 5.32 Å². The van der Waals surface area contributed by atoms with Gasteiger partial charge >= 0.3 is 5.97 Å². The summed E-state index contributed by atoms with van der Waals surface area (Å²) in [4.78, 5) is 26.6. The van der Waals surface area contributed by atoms with E-state index >= 15 is 0 Å². The maximum atomic E-state index is 12.8. The molecule has 0 aliphatic heterocycles. The number of fused-ring (bicyclic) bond motifs is 1. The Balaban J connectivity index is 1.92. The average Bonchev–Trinajstić information content (AvgIpc) is 3.05. The number of anilines is 1. The fourth-order valence-electron chi connectivity index (χ4n) is 3.45.